The summed E-state index contributed by atoms with van der Waals surface area (Å²) < 4.78 is 0. The minimum atomic E-state index is 0.337. The number of nitrogens with two attached hydrogens (primary N) is 1. The van der Waals surface area contributed by atoms with Crippen molar-refractivity contribution in [1.29, 1.82) is 0 Å². The Hall–Kier alpha value is -0.0800. The fourth-order valence-corrected chi connectivity index (χ4v) is 2.29. The first-order valence-corrected chi connectivity index (χ1v) is 6.57. The third-order valence-corrected chi connectivity index (χ3v) is 4.64. The topological polar surface area (TPSA) is 38.0 Å². The van der Waals surface area contributed by atoms with Gasteiger partial charge < -0.3 is 11.1 Å². The van der Waals surface area contributed by atoms with Crippen LogP contribution in [0.25, 0.3) is 0 Å². The molecule has 2 nitrogen and oxygen atoms in total. The molecule has 1 fully saturated rings. The Kier molecular flexibility index (Phi) is 4.60. The molecule has 0 bridgehead atoms. The van der Waals surface area contributed by atoms with Crippen molar-refractivity contribution >= 4 is 0 Å². The van der Waals surface area contributed by atoms with Crippen molar-refractivity contribution in [2.24, 2.45) is 16.6 Å². The van der Waals surface area contributed by atoms with Crippen LogP contribution in [-0.4, -0.2) is 19.6 Å². The van der Waals surface area contributed by atoms with Gasteiger partial charge in [0.05, 0.1) is 0 Å². The van der Waals surface area contributed by atoms with Gasteiger partial charge in [-0.1, -0.05) is 20.8 Å². The van der Waals surface area contributed by atoms with Crippen LogP contribution in [0.2, 0.25) is 0 Å². The van der Waals surface area contributed by atoms with Crippen molar-refractivity contribution in [2.45, 2.75) is 52.9 Å². The van der Waals surface area contributed by atoms with E-state index in [1.807, 2.05) is 0 Å². The van der Waals surface area contributed by atoms with Crippen LogP contribution in [0.5, 0.6) is 0 Å². The second kappa shape index (κ2) is 5.31. The van der Waals surface area contributed by atoms with Crippen LogP contribution >= 0.6 is 0 Å². The highest BCUT2D eigenvalue weighted by atomic mass is 14.9. The van der Waals surface area contributed by atoms with Gasteiger partial charge >= 0.3 is 0 Å². The Morgan fingerprint density at radius 3 is 2.13 bits per heavy atom. The molecule has 0 amide bonds. The molecule has 1 rings (SSSR count). The Morgan fingerprint density at radius 1 is 1.20 bits per heavy atom. The summed E-state index contributed by atoms with van der Waals surface area (Å²) in [6, 6.07) is 0. The minimum Gasteiger partial charge on any atom is -0.330 e. The molecule has 0 saturated heterocycles. The molecule has 0 unspecified atom stereocenters. The molecule has 0 aromatic heterocycles. The molecule has 90 valence electrons. The molecular weight excluding hydrogens is 184 g/mol. The van der Waals surface area contributed by atoms with Gasteiger partial charge in [-0.25, -0.2) is 0 Å². The highest BCUT2D eigenvalue weighted by Gasteiger charge is 2.40. The number of hydrogen-bond acceptors (Lipinski definition) is 2. The van der Waals surface area contributed by atoms with Crippen LogP contribution in [0.3, 0.4) is 0 Å². The van der Waals surface area contributed by atoms with Gasteiger partial charge in [0, 0.05) is 13.1 Å². The molecule has 0 aromatic carbocycles. The Morgan fingerprint density at radius 2 is 1.80 bits per heavy atom. The Labute approximate surface area is 95.0 Å². The molecule has 0 atom stereocenters. The van der Waals surface area contributed by atoms with Crippen molar-refractivity contribution in [3.8, 4) is 0 Å². The largest absolute Gasteiger partial charge is 0.330 e. The number of rotatable bonds is 8. The van der Waals surface area contributed by atoms with Crippen LogP contribution < -0.4 is 11.1 Å². The van der Waals surface area contributed by atoms with Crippen LogP contribution in [0.4, 0.5) is 0 Å². The predicted molar refractivity (Wildman–Crippen MR) is 66.9 cm³/mol. The lowest BCUT2D eigenvalue weighted by Gasteiger charge is -2.31. The van der Waals surface area contributed by atoms with Crippen LogP contribution in [0.15, 0.2) is 0 Å². The van der Waals surface area contributed by atoms with E-state index in [-0.39, 0.29) is 0 Å². The quantitative estimate of drug-likeness (QED) is 0.649. The van der Waals surface area contributed by atoms with Crippen molar-refractivity contribution in [3.63, 3.8) is 0 Å². The van der Waals surface area contributed by atoms with E-state index in [0.717, 1.165) is 13.1 Å². The van der Waals surface area contributed by atoms with E-state index in [1.54, 1.807) is 0 Å². The maximum absolute atomic E-state index is 5.89. The summed E-state index contributed by atoms with van der Waals surface area (Å²) in [6.07, 6.45) is 6.54. The van der Waals surface area contributed by atoms with Gasteiger partial charge in [-0.15, -0.1) is 0 Å². The first-order valence-electron chi connectivity index (χ1n) is 6.57. The summed E-state index contributed by atoms with van der Waals surface area (Å²) in [5, 5.41) is 3.65. The molecule has 2 heteroatoms. The zero-order valence-electron chi connectivity index (χ0n) is 10.7. The third kappa shape index (κ3) is 3.18. The molecule has 0 spiro atoms. The van der Waals surface area contributed by atoms with E-state index < -0.39 is 0 Å². The van der Waals surface area contributed by atoms with Crippen molar-refractivity contribution in [2.75, 3.05) is 19.6 Å². The standard InChI is InChI=1S/C13H28N2/c1-4-12(5-2,9-14)10-15-11-13(6-3)7-8-13/h15H,4-11,14H2,1-3H3. The molecule has 1 aliphatic carbocycles. The zero-order chi connectivity index (χ0) is 11.4. The summed E-state index contributed by atoms with van der Waals surface area (Å²) in [4.78, 5) is 0. The summed E-state index contributed by atoms with van der Waals surface area (Å²) in [6.45, 7) is 9.93. The number of hydrogen-bond donors (Lipinski definition) is 2. The maximum Gasteiger partial charge on any atom is 0.00199 e. The SMILES string of the molecule is CCC(CC)(CN)CNCC1(CC)CC1. The van der Waals surface area contributed by atoms with Crippen LogP contribution in [0.1, 0.15) is 52.9 Å². The van der Waals surface area contributed by atoms with Crippen LogP contribution in [-0.2, 0) is 0 Å². The lowest BCUT2D eigenvalue weighted by molar-refractivity contribution is 0.249. The zero-order valence-corrected chi connectivity index (χ0v) is 10.7. The van der Waals surface area contributed by atoms with Crippen LogP contribution in [0, 0.1) is 10.8 Å². The van der Waals surface area contributed by atoms with E-state index in [4.69, 9.17) is 5.73 Å². The van der Waals surface area contributed by atoms with Gasteiger partial charge in [-0.05, 0) is 49.5 Å². The molecule has 0 heterocycles. The van der Waals surface area contributed by atoms with Gasteiger partial charge in [-0.3, -0.25) is 0 Å². The maximum atomic E-state index is 5.89. The van der Waals surface area contributed by atoms with E-state index in [1.165, 1.54) is 38.6 Å². The Balaban J connectivity index is 2.28. The third-order valence-electron chi connectivity index (χ3n) is 4.64. The fourth-order valence-electron chi connectivity index (χ4n) is 2.29. The first-order chi connectivity index (χ1) is 7.16. The van der Waals surface area contributed by atoms with E-state index >= 15 is 0 Å². The Bertz CT molecular complexity index is 173. The second-order valence-electron chi connectivity index (χ2n) is 5.37. The highest BCUT2D eigenvalue weighted by molar-refractivity contribution is 4.94. The normalized spacial score (nSPS) is 19.2. The average Bonchev–Trinajstić information content (AvgIpc) is 3.06. The first kappa shape index (κ1) is 13.0. The van der Waals surface area contributed by atoms with E-state index in [9.17, 15) is 0 Å². The molecule has 3 N–H and O–H groups in total. The predicted octanol–water partition coefficient (Wildman–Crippen LogP) is 2.53. The average molecular weight is 212 g/mol. The molecule has 0 aliphatic heterocycles. The number of nitrogens with one attached hydrogen (secondary N) is 1. The summed E-state index contributed by atoms with van der Waals surface area (Å²) in [5.41, 5.74) is 6.88. The van der Waals surface area contributed by atoms with Crippen molar-refractivity contribution in [1.82, 2.24) is 5.32 Å². The fraction of sp³-hybridized carbons (Fsp3) is 1.00. The summed E-state index contributed by atoms with van der Waals surface area (Å²) >= 11 is 0. The second-order valence-corrected chi connectivity index (χ2v) is 5.37. The lowest BCUT2D eigenvalue weighted by Crippen LogP contribution is -2.41. The summed E-state index contributed by atoms with van der Waals surface area (Å²) in [5.74, 6) is 0. The van der Waals surface area contributed by atoms with E-state index in [2.05, 4.69) is 26.1 Å². The van der Waals surface area contributed by atoms with Gasteiger partial charge in [-0.2, -0.15) is 0 Å². The molecular formula is C13H28N2. The van der Waals surface area contributed by atoms with Gasteiger partial charge in [0.15, 0.2) is 0 Å². The van der Waals surface area contributed by atoms with Crippen molar-refractivity contribution < 1.29 is 0 Å². The molecule has 1 saturated carbocycles. The molecule has 0 aromatic rings. The van der Waals surface area contributed by atoms with Crippen molar-refractivity contribution in [3.05, 3.63) is 0 Å². The summed E-state index contributed by atoms with van der Waals surface area (Å²) in [7, 11) is 0. The van der Waals surface area contributed by atoms with Gasteiger partial charge in [0.2, 0.25) is 0 Å². The highest BCUT2D eigenvalue weighted by Crippen LogP contribution is 2.47. The van der Waals surface area contributed by atoms with Gasteiger partial charge in [0.1, 0.15) is 0 Å². The van der Waals surface area contributed by atoms with E-state index in [0.29, 0.717) is 10.8 Å². The minimum absolute atomic E-state index is 0.337. The smallest absolute Gasteiger partial charge is 0.00199 e. The molecule has 1 aliphatic rings. The molecule has 15 heavy (non-hydrogen) atoms. The molecule has 0 radical (unpaired) electrons. The monoisotopic (exact) mass is 212 g/mol. The lowest BCUT2D eigenvalue weighted by atomic mass is 9.82. The van der Waals surface area contributed by atoms with Gasteiger partial charge in [0.25, 0.3) is 0 Å².